The zero-order chi connectivity index (χ0) is 23.6. The summed E-state index contributed by atoms with van der Waals surface area (Å²) in [6.07, 6.45) is 3.63. The molecule has 0 aliphatic rings. The van der Waals surface area contributed by atoms with Gasteiger partial charge in [-0.15, -0.1) is 11.3 Å². The lowest BCUT2D eigenvalue weighted by Crippen LogP contribution is -2.23. The van der Waals surface area contributed by atoms with E-state index in [2.05, 4.69) is 15.0 Å². The molecule has 0 atom stereocenters. The zero-order valence-electron chi connectivity index (χ0n) is 18.2. The lowest BCUT2D eigenvalue weighted by Gasteiger charge is -2.11. The van der Waals surface area contributed by atoms with Crippen molar-refractivity contribution in [3.05, 3.63) is 75.7 Å². The Morgan fingerprint density at radius 2 is 2.00 bits per heavy atom. The monoisotopic (exact) mass is 474 g/mol. The first kappa shape index (κ1) is 24.2. The fourth-order valence-electron chi connectivity index (χ4n) is 2.99. The number of nitrogens with one attached hydrogen (secondary N) is 1. The van der Waals surface area contributed by atoms with Crippen LogP contribution in [0.5, 0.6) is 17.2 Å². The van der Waals surface area contributed by atoms with E-state index in [1.54, 1.807) is 29.5 Å². The summed E-state index contributed by atoms with van der Waals surface area (Å²) in [6, 6.07) is 12.1. The molecule has 3 rings (SSSR count). The molecule has 9 heteroatoms. The molecular formula is C24H24F2N2O4S. The minimum atomic E-state index is -2.93. The third kappa shape index (κ3) is 7.57. The van der Waals surface area contributed by atoms with Crippen molar-refractivity contribution in [3.63, 3.8) is 0 Å². The molecule has 2 aromatic carbocycles. The van der Waals surface area contributed by atoms with Gasteiger partial charge < -0.3 is 19.5 Å². The molecule has 0 aliphatic carbocycles. The number of aryl methyl sites for hydroxylation is 1. The van der Waals surface area contributed by atoms with Crippen molar-refractivity contribution >= 4 is 23.3 Å². The highest BCUT2D eigenvalue weighted by Gasteiger charge is 2.11. The quantitative estimate of drug-likeness (QED) is 0.396. The van der Waals surface area contributed by atoms with Crippen molar-refractivity contribution in [2.24, 2.45) is 0 Å². The maximum Gasteiger partial charge on any atom is 0.387 e. The Labute approximate surface area is 194 Å². The highest BCUT2D eigenvalue weighted by Crippen LogP contribution is 2.29. The number of ether oxygens (including phenoxy) is 3. The lowest BCUT2D eigenvalue weighted by molar-refractivity contribution is -0.116. The number of hydrogen-bond acceptors (Lipinski definition) is 6. The van der Waals surface area contributed by atoms with E-state index >= 15 is 0 Å². The Balaban J connectivity index is 1.51. The number of alkyl halides is 2. The molecule has 0 spiro atoms. The van der Waals surface area contributed by atoms with E-state index in [0.717, 1.165) is 21.8 Å². The van der Waals surface area contributed by atoms with E-state index in [1.807, 2.05) is 36.6 Å². The van der Waals surface area contributed by atoms with Gasteiger partial charge in [0.05, 0.1) is 17.8 Å². The number of thiazole rings is 1. The summed E-state index contributed by atoms with van der Waals surface area (Å²) in [7, 11) is 1.38. The Hall–Kier alpha value is -3.46. The molecule has 0 saturated heterocycles. The normalized spacial score (nSPS) is 11.1. The number of hydrogen-bond donors (Lipinski definition) is 1. The summed E-state index contributed by atoms with van der Waals surface area (Å²) in [5.74, 6) is 0.576. The number of benzene rings is 2. The van der Waals surface area contributed by atoms with Crippen LogP contribution < -0.4 is 19.5 Å². The van der Waals surface area contributed by atoms with Gasteiger partial charge in [-0.05, 0) is 43.2 Å². The molecule has 1 aromatic heterocycles. The standard InChI is InChI=1S/C24H24F2N2O4S/c1-16-28-19(15-33-16)14-31-20-6-4-3-5-18(20)8-10-23(29)27-12-11-17-7-9-21(32-24(25)26)22(13-17)30-2/h3-10,13,15,24H,11-12,14H2,1-2H3,(H,27,29)/b10-8+. The van der Waals surface area contributed by atoms with Gasteiger partial charge in [0.15, 0.2) is 11.5 Å². The average Bonchev–Trinajstić information content (AvgIpc) is 3.22. The van der Waals surface area contributed by atoms with E-state index in [-0.39, 0.29) is 17.4 Å². The minimum absolute atomic E-state index is 0.0333. The predicted molar refractivity (Wildman–Crippen MR) is 123 cm³/mol. The van der Waals surface area contributed by atoms with Crippen molar-refractivity contribution < 1.29 is 27.8 Å². The van der Waals surface area contributed by atoms with Crippen molar-refractivity contribution in [2.75, 3.05) is 13.7 Å². The number of amides is 1. The fraction of sp³-hybridized carbons (Fsp3) is 0.250. The van der Waals surface area contributed by atoms with Crippen LogP contribution in [0.1, 0.15) is 21.8 Å². The summed E-state index contributed by atoms with van der Waals surface area (Å²) in [5.41, 5.74) is 2.45. The van der Waals surface area contributed by atoms with Crippen LogP contribution >= 0.6 is 11.3 Å². The molecule has 0 bridgehead atoms. The molecule has 1 amide bonds. The van der Waals surface area contributed by atoms with Gasteiger partial charge >= 0.3 is 6.61 Å². The highest BCUT2D eigenvalue weighted by molar-refractivity contribution is 7.09. The molecule has 1 heterocycles. The zero-order valence-corrected chi connectivity index (χ0v) is 19.0. The first-order valence-electron chi connectivity index (χ1n) is 10.1. The van der Waals surface area contributed by atoms with Crippen LogP contribution in [-0.4, -0.2) is 31.2 Å². The molecule has 33 heavy (non-hydrogen) atoms. The van der Waals surface area contributed by atoms with Crippen LogP contribution in [0, 0.1) is 6.92 Å². The first-order chi connectivity index (χ1) is 15.9. The third-order valence-electron chi connectivity index (χ3n) is 4.53. The maximum absolute atomic E-state index is 12.4. The molecule has 0 fully saturated rings. The van der Waals surface area contributed by atoms with Crippen molar-refractivity contribution in [1.82, 2.24) is 10.3 Å². The van der Waals surface area contributed by atoms with Crippen molar-refractivity contribution in [2.45, 2.75) is 26.6 Å². The molecule has 1 N–H and O–H groups in total. The van der Waals surface area contributed by atoms with Gasteiger partial charge in [0.1, 0.15) is 12.4 Å². The predicted octanol–water partition coefficient (Wildman–Crippen LogP) is 5.01. The number of aromatic nitrogens is 1. The molecule has 6 nitrogen and oxygen atoms in total. The molecule has 0 unspecified atom stereocenters. The topological polar surface area (TPSA) is 69.7 Å². The van der Waals surface area contributed by atoms with E-state index in [4.69, 9.17) is 9.47 Å². The van der Waals surface area contributed by atoms with Crippen LogP contribution in [0.4, 0.5) is 8.78 Å². The third-order valence-corrected chi connectivity index (χ3v) is 5.35. The number of carbonyl (C=O) groups excluding carboxylic acids is 1. The van der Waals surface area contributed by atoms with Gasteiger partial charge in [0, 0.05) is 23.6 Å². The Bertz CT molecular complexity index is 1100. The van der Waals surface area contributed by atoms with Crippen LogP contribution in [0.15, 0.2) is 53.9 Å². The van der Waals surface area contributed by atoms with Gasteiger partial charge in [-0.3, -0.25) is 4.79 Å². The Morgan fingerprint density at radius 1 is 1.18 bits per heavy atom. The number of rotatable bonds is 11. The number of halogens is 2. The van der Waals surface area contributed by atoms with Gasteiger partial charge in [0.25, 0.3) is 0 Å². The smallest absolute Gasteiger partial charge is 0.387 e. The molecule has 0 radical (unpaired) electrons. The fourth-order valence-corrected chi connectivity index (χ4v) is 3.59. The van der Waals surface area contributed by atoms with Crippen LogP contribution in [0.2, 0.25) is 0 Å². The SMILES string of the molecule is COc1cc(CCNC(=O)/C=C/c2ccccc2OCc2csc(C)n2)ccc1OC(F)F. The van der Waals surface area contributed by atoms with Crippen LogP contribution in [0.3, 0.4) is 0 Å². The number of methoxy groups -OCH3 is 1. The molecule has 174 valence electrons. The Morgan fingerprint density at radius 3 is 2.73 bits per heavy atom. The maximum atomic E-state index is 12.4. The van der Waals surface area contributed by atoms with Gasteiger partial charge in [-0.25, -0.2) is 4.98 Å². The largest absolute Gasteiger partial charge is 0.493 e. The Kier molecular flexibility index (Phi) is 8.77. The van der Waals surface area contributed by atoms with Gasteiger partial charge in [-0.1, -0.05) is 24.3 Å². The van der Waals surface area contributed by atoms with E-state index in [1.165, 1.54) is 19.3 Å². The minimum Gasteiger partial charge on any atom is -0.493 e. The highest BCUT2D eigenvalue weighted by atomic mass is 32.1. The number of carbonyl (C=O) groups is 1. The second kappa shape index (κ2) is 12.0. The van der Waals surface area contributed by atoms with E-state index in [0.29, 0.717) is 25.3 Å². The molecular weight excluding hydrogens is 450 g/mol. The summed E-state index contributed by atoms with van der Waals surface area (Å²) < 4.78 is 40.2. The van der Waals surface area contributed by atoms with Crippen molar-refractivity contribution in [3.8, 4) is 17.2 Å². The summed E-state index contributed by atoms with van der Waals surface area (Å²) >= 11 is 1.57. The number of para-hydroxylation sites is 1. The number of nitrogens with zero attached hydrogens (tertiary/aromatic N) is 1. The summed E-state index contributed by atoms with van der Waals surface area (Å²) in [6.45, 7) is -0.270. The van der Waals surface area contributed by atoms with Gasteiger partial charge in [-0.2, -0.15) is 8.78 Å². The summed E-state index contributed by atoms with van der Waals surface area (Å²) in [4.78, 5) is 16.6. The van der Waals surface area contributed by atoms with Gasteiger partial charge in [0.2, 0.25) is 5.91 Å². The molecule has 0 aliphatic heterocycles. The van der Waals surface area contributed by atoms with Crippen molar-refractivity contribution in [1.29, 1.82) is 0 Å². The first-order valence-corrected chi connectivity index (χ1v) is 11.0. The van der Waals surface area contributed by atoms with E-state index in [9.17, 15) is 13.6 Å². The lowest BCUT2D eigenvalue weighted by atomic mass is 10.1. The molecule has 0 saturated carbocycles. The average molecular weight is 475 g/mol. The van der Waals surface area contributed by atoms with E-state index < -0.39 is 6.61 Å². The second-order valence-corrected chi connectivity index (χ2v) is 7.98. The van der Waals surface area contributed by atoms with Crippen LogP contribution in [0.25, 0.3) is 6.08 Å². The van der Waals surface area contributed by atoms with Crippen LogP contribution in [-0.2, 0) is 17.8 Å². The second-order valence-electron chi connectivity index (χ2n) is 6.92. The molecule has 3 aromatic rings. The summed E-state index contributed by atoms with van der Waals surface area (Å²) in [5, 5.41) is 5.73.